The summed E-state index contributed by atoms with van der Waals surface area (Å²) in [4.78, 5) is 19.0. The van der Waals surface area contributed by atoms with Gasteiger partial charge in [-0.15, -0.1) is 0 Å². The number of aryl methyl sites for hydroxylation is 1. The number of hydrogen-bond acceptors (Lipinski definition) is 5. The monoisotopic (exact) mass is 315 g/mol. The van der Waals surface area contributed by atoms with Gasteiger partial charge in [0.2, 0.25) is 5.89 Å². The summed E-state index contributed by atoms with van der Waals surface area (Å²) in [5.74, 6) is 2.53. The number of amides is 1. The molecule has 7 heteroatoms. The number of piperidine rings is 1. The molecule has 1 aliphatic carbocycles. The summed E-state index contributed by atoms with van der Waals surface area (Å²) >= 11 is 0. The van der Waals surface area contributed by atoms with Gasteiger partial charge >= 0.3 is 0 Å². The van der Waals surface area contributed by atoms with E-state index in [0.29, 0.717) is 23.4 Å². The first kappa shape index (κ1) is 14.4. The number of hydrogen-bond donors (Lipinski definition) is 0. The molecular weight excluding hydrogens is 294 g/mol. The lowest BCUT2D eigenvalue weighted by atomic mass is 9.94. The molecule has 1 atom stereocenters. The molecule has 2 aromatic heterocycles. The van der Waals surface area contributed by atoms with Crippen molar-refractivity contribution in [3.63, 3.8) is 0 Å². The molecule has 1 saturated heterocycles. The highest BCUT2D eigenvalue weighted by atomic mass is 16.5. The first-order valence-electron chi connectivity index (χ1n) is 8.30. The zero-order valence-corrected chi connectivity index (χ0v) is 13.3. The average molecular weight is 315 g/mol. The second-order valence-electron chi connectivity index (χ2n) is 6.62. The third-order valence-electron chi connectivity index (χ3n) is 4.74. The van der Waals surface area contributed by atoms with Crippen LogP contribution in [0, 0.1) is 5.92 Å². The molecule has 0 spiro atoms. The summed E-state index contributed by atoms with van der Waals surface area (Å²) in [5, 5.41) is 8.15. The molecule has 2 aromatic rings. The van der Waals surface area contributed by atoms with E-state index >= 15 is 0 Å². The maximum atomic E-state index is 12.6. The van der Waals surface area contributed by atoms with E-state index in [-0.39, 0.29) is 5.91 Å². The van der Waals surface area contributed by atoms with Gasteiger partial charge in [0.25, 0.3) is 5.91 Å². The Morgan fingerprint density at radius 3 is 3.00 bits per heavy atom. The van der Waals surface area contributed by atoms with Gasteiger partial charge in [-0.1, -0.05) is 5.16 Å². The van der Waals surface area contributed by atoms with Crippen LogP contribution >= 0.6 is 0 Å². The zero-order chi connectivity index (χ0) is 15.8. The quantitative estimate of drug-likeness (QED) is 0.859. The van der Waals surface area contributed by atoms with Crippen LogP contribution in [-0.2, 0) is 13.5 Å². The number of aromatic nitrogens is 4. The van der Waals surface area contributed by atoms with Crippen LogP contribution in [0.3, 0.4) is 0 Å². The second kappa shape index (κ2) is 5.79. The maximum Gasteiger partial charge on any atom is 0.272 e. The maximum absolute atomic E-state index is 12.6. The molecule has 23 heavy (non-hydrogen) atoms. The van der Waals surface area contributed by atoms with Gasteiger partial charge in [-0.25, -0.2) is 0 Å². The number of rotatable bonds is 4. The minimum Gasteiger partial charge on any atom is -0.339 e. The molecule has 0 bridgehead atoms. The molecule has 122 valence electrons. The van der Waals surface area contributed by atoms with Gasteiger partial charge in [0.1, 0.15) is 5.69 Å². The normalized spacial score (nSPS) is 21.6. The molecule has 0 radical (unpaired) electrons. The Morgan fingerprint density at radius 2 is 2.26 bits per heavy atom. The van der Waals surface area contributed by atoms with E-state index in [1.54, 1.807) is 24.0 Å². The topological polar surface area (TPSA) is 77.1 Å². The van der Waals surface area contributed by atoms with Crippen molar-refractivity contribution in [2.24, 2.45) is 13.0 Å². The fourth-order valence-electron chi connectivity index (χ4n) is 3.27. The van der Waals surface area contributed by atoms with Crippen molar-refractivity contribution in [2.75, 3.05) is 13.1 Å². The summed E-state index contributed by atoms with van der Waals surface area (Å²) in [6.45, 7) is 1.54. The molecule has 0 N–H and O–H groups in total. The van der Waals surface area contributed by atoms with E-state index in [2.05, 4.69) is 15.2 Å². The van der Waals surface area contributed by atoms with Crippen molar-refractivity contribution in [3.05, 3.63) is 29.7 Å². The fourth-order valence-corrected chi connectivity index (χ4v) is 3.27. The minimum absolute atomic E-state index is 0.0545. The van der Waals surface area contributed by atoms with Crippen molar-refractivity contribution in [1.82, 2.24) is 24.8 Å². The lowest BCUT2D eigenvalue weighted by Crippen LogP contribution is -2.41. The third kappa shape index (κ3) is 3.00. The lowest BCUT2D eigenvalue weighted by Gasteiger charge is -2.32. The van der Waals surface area contributed by atoms with Crippen LogP contribution in [0.1, 0.15) is 53.8 Å². The summed E-state index contributed by atoms with van der Waals surface area (Å²) in [5.41, 5.74) is 0.638. The number of likely N-dealkylation sites (tertiary alicyclic amines) is 1. The SMILES string of the molecule is Cn1nccc1C(=O)N1CCC[C@@H](Cc2nc(C3CC3)no2)C1. The van der Waals surface area contributed by atoms with E-state index in [4.69, 9.17) is 4.52 Å². The molecule has 2 fully saturated rings. The number of nitrogens with zero attached hydrogens (tertiary/aromatic N) is 5. The van der Waals surface area contributed by atoms with Crippen molar-refractivity contribution >= 4 is 5.91 Å². The molecular formula is C16H21N5O2. The van der Waals surface area contributed by atoms with E-state index in [0.717, 1.165) is 38.2 Å². The molecule has 4 rings (SSSR count). The Kier molecular flexibility index (Phi) is 3.63. The Hall–Kier alpha value is -2.18. The Bertz CT molecular complexity index is 703. The highest BCUT2D eigenvalue weighted by Gasteiger charge is 2.30. The van der Waals surface area contributed by atoms with Crippen LogP contribution in [0.2, 0.25) is 0 Å². The van der Waals surface area contributed by atoms with Crippen LogP contribution in [0.15, 0.2) is 16.8 Å². The van der Waals surface area contributed by atoms with Crippen molar-refractivity contribution in [2.45, 2.75) is 38.0 Å². The van der Waals surface area contributed by atoms with E-state index in [9.17, 15) is 4.79 Å². The van der Waals surface area contributed by atoms with Crippen molar-refractivity contribution in [3.8, 4) is 0 Å². The highest BCUT2D eigenvalue weighted by molar-refractivity contribution is 5.92. The molecule has 0 aromatic carbocycles. The van der Waals surface area contributed by atoms with Crippen LogP contribution in [0.5, 0.6) is 0 Å². The fraction of sp³-hybridized carbons (Fsp3) is 0.625. The molecule has 7 nitrogen and oxygen atoms in total. The van der Waals surface area contributed by atoms with E-state index < -0.39 is 0 Å². The molecule has 1 saturated carbocycles. The van der Waals surface area contributed by atoms with Crippen LogP contribution in [-0.4, -0.2) is 43.8 Å². The average Bonchev–Trinajstić information content (AvgIpc) is 3.16. The first-order chi connectivity index (χ1) is 11.2. The standard InChI is InChI=1S/C16H21N5O2/c1-20-13(6-7-17-20)16(22)21-8-2-3-11(10-21)9-14-18-15(19-23-14)12-4-5-12/h6-7,11-12H,2-5,8-10H2,1H3/t11-/m0/s1. The highest BCUT2D eigenvalue weighted by Crippen LogP contribution is 2.38. The summed E-state index contributed by atoms with van der Waals surface area (Å²) in [6.07, 6.45) is 6.88. The second-order valence-corrected chi connectivity index (χ2v) is 6.62. The van der Waals surface area contributed by atoms with E-state index in [1.165, 1.54) is 12.8 Å². The van der Waals surface area contributed by atoms with Gasteiger partial charge in [-0.2, -0.15) is 10.1 Å². The Labute approximate surface area is 134 Å². The van der Waals surface area contributed by atoms with Gasteiger partial charge in [-0.3, -0.25) is 9.48 Å². The predicted octanol–water partition coefficient (Wildman–Crippen LogP) is 1.78. The molecule has 1 amide bonds. The summed E-state index contributed by atoms with van der Waals surface area (Å²) < 4.78 is 7.01. The molecule has 3 heterocycles. The van der Waals surface area contributed by atoms with Crippen LogP contribution in [0.4, 0.5) is 0 Å². The molecule has 2 aliphatic rings. The zero-order valence-electron chi connectivity index (χ0n) is 13.3. The van der Waals surface area contributed by atoms with Gasteiger partial charge < -0.3 is 9.42 Å². The minimum atomic E-state index is 0.0545. The van der Waals surface area contributed by atoms with Crippen LogP contribution < -0.4 is 0 Å². The Morgan fingerprint density at radius 1 is 1.39 bits per heavy atom. The van der Waals surface area contributed by atoms with Crippen molar-refractivity contribution in [1.29, 1.82) is 0 Å². The van der Waals surface area contributed by atoms with Gasteiger partial charge in [0, 0.05) is 38.7 Å². The smallest absolute Gasteiger partial charge is 0.272 e. The first-order valence-corrected chi connectivity index (χ1v) is 8.30. The van der Waals surface area contributed by atoms with Gasteiger partial charge in [0.05, 0.1) is 0 Å². The van der Waals surface area contributed by atoms with Crippen LogP contribution in [0.25, 0.3) is 0 Å². The third-order valence-corrected chi connectivity index (χ3v) is 4.74. The largest absolute Gasteiger partial charge is 0.339 e. The Balaban J connectivity index is 1.40. The van der Waals surface area contributed by atoms with Crippen molar-refractivity contribution < 1.29 is 9.32 Å². The lowest BCUT2D eigenvalue weighted by molar-refractivity contribution is 0.0657. The predicted molar refractivity (Wildman–Crippen MR) is 81.8 cm³/mol. The summed E-state index contributed by atoms with van der Waals surface area (Å²) in [6, 6.07) is 1.77. The molecule has 1 aliphatic heterocycles. The van der Waals surface area contributed by atoms with E-state index in [1.807, 2.05) is 4.90 Å². The van der Waals surface area contributed by atoms with Gasteiger partial charge in [0.15, 0.2) is 5.82 Å². The number of carbonyl (C=O) groups is 1. The van der Waals surface area contributed by atoms with Gasteiger partial charge in [-0.05, 0) is 37.7 Å². The molecule has 0 unspecified atom stereocenters. The summed E-state index contributed by atoms with van der Waals surface area (Å²) in [7, 11) is 1.80. The number of carbonyl (C=O) groups excluding carboxylic acids is 1.